The summed E-state index contributed by atoms with van der Waals surface area (Å²) in [4.78, 5) is 9.62. The van der Waals surface area contributed by atoms with Gasteiger partial charge in [-0.2, -0.15) is 0 Å². The van der Waals surface area contributed by atoms with Crippen molar-refractivity contribution in [3.63, 3.8) is 0 Å². The van der Waals surface area contributed by atoms with E-state index >= 15 is 0 Å². The Kier molecular flexibility index (Phi) is 3.91. The van der Waals surface area contributed by atoms with Crippen molar-refractivity contribution in [3.8, 4) is 11.3 Å². The van der Waals surface area contributed by atoms with Gasteiger partial charge in [-0.1, -0.05) is 30.7 Å². The van der Waals surface area contributed by atoms with Gasteiger partial charge in [0.1, 0.15) is 11.6 Å². The topological polar surface area (TPSA) is 37.8 Å². The highest BCUT2D eigenvalue weighted by Crippen LogP contribution is 2.40. The van der Waals surface area contributed by atoms with Crippen molar-refractivity contribution in [1.29, 1.82) is 0 Å². The first-order valence-electron chi connectivity index (χ1n) is 7.88. The number of hydrogen-bond donors (Lipinski definition) is 1. The van der Waals surface area contributed by atoms with Gasteiger partial charge in [0, 0.05) is 23.6 Å². The Hall–Kier alpha value is -1.90. The van der Waals surface area contributed by atoms with Crippen LogP contribution in [0.5, 0.6) is 0 Å². The molecular formula is C18H23N3. The molecule has 0 radical (unpaired) electrons. The molecule has 1 aromatic heterocycles. The summed E-state index contributed by atoms with van der Waals surface area (Å²) in [7, 11) is 0. The van der Waals surface area contributed by atoms with Crippen LogP contribution in [0.4, 0.5) is 5.82 Å². The van der Waals surface area contributed by atoms with Gasteiger partial charge < -0.3 is 5.32 Å². The van der Waals surface area contributed by atoms with E-state index in [4.69, 9.17) is 9.97 Å². The summed E-state index contributed by atoms with van der Waals surface area (Å²) in [5, 5.41) is 3.46. The first-order chi connectivity index (χ1) is 10.2. The van der Waals surface area contributed by atoms with Crippen LogP contribution < -0.4 is 5.32 Å². The van der Waals surface area contributed by atoms with E-state index in [-0.39, 0.29) is 0 Å². The van der Waals surface area contributed by atoms with Gasteiger partial charge >= 0.3 is 0 Å². The molecule has 3 rings (SSSR count). The molecule has 2 aromatic rings. The molecule has 1 aromatic carbocycles. The Morgan fingerprint density at radius 3 is 2.67 bits per heavy atom. The lowest BCUT2D eigenvalue weighted by atomic mass is 10.0. The summed E-state index contributed by atoms with van der Waals surface area (Å²) in [6.45, 7) is 7.37. The lowest BCUT2D eigenvalue weighted by Gasteiger charge is -2.14. The number of nitrogens with zero attached hydrogens (tertiary/aromatic N) is 2. The van der Waals surface area contributed by atoms with Crippen molar-refractivity contribution in [1.82, 2.24) is 9.97 Å². The fourth-order valence-corrected chi connectivity index (χ4v) is 2.55. The first-order valence-corrected chi connectivity index (χ1v) is 7.88. The molecule has 0 amide bonds. The largest absolute Gasteiger partial charge is 0.370 e. The second-order valence-electron chi connectivity index (χ2n) is 5.97. The highest BCUT2D eigenvalue weighted by molar-refractivity contribution is 5.68. The second-order valence-corrected chi connectivity index (χ2v) is 5.97. The average molecular weight is 281 g/mol. The highest BCUT2D eigenvalue weighted by Gasteiger charge is 2.28. The fourth-order valence-electron chi connectivity index (χ4n) is 2.55. The maximum absolute atomic E-state index is 4.86. The number of nitrogens with one attached hydrogen (secondary N) is 1. The summed E-state index contributed by atoms with van der Waals surface area (Å²) in [6.07, 6.45) is 3.55. The van der Waals surface area contributed by atoms with E-state index in [9.17, 15) is 0 Å². The molecule has 0 unspecified atom stereocenters. The zero-order valence-electron chi connectivity index (χ0n) is 13.1. The third-order valence-electron chi connectivity index (χ3n) is 3.94. The number of anilines is 1. The molecule has 1 saturated carbocycles. The van der Waals surface area contributed by atoms with Crippen LogP contribution in [0.3, 0.4) is 0 Å². The smallest absolute Gasteiger partial charge is 0.134 e. The molecule has 0 atom stereocenters. The van der Waals surface area contributed by atoms with Gasteiger partial charge in [0.15, 0.2) is 0 Å². The number of benzene rings is 1. The Balaban J connectivity index is 2.07. The molecule has 110 valence electrons. The van der Waals surface area contributed by atoms with Gasteiger partial charge in [-0.25, -0.2) is 9.97 Å². The summed E-state index contributed by atoms with van der Waals surface area (Å²) in [5.41, 5.74) is 4.69. The van der Waals surface area contributed by atoms with Crippen LogP contribution in [0.2, 0.25) is 0 Å². The molecule has 21 heavy (non-hydrogen) atoms. The van der Waals surface area contributed by atoms with Crippen molar-refractivity contribution in [2.45, 2.75) is 46.0 Å². The molecule has 3 nitrogen and oxygen atoms in total. The third kappa shape index (κ3) is 3.07. The van der Waals surface area contributed by atoms with Crippen LogP contribution in [0, 0.1) is 13.8 Å². The first kappa shape index (κ1) is 14.1. The van der Waals surface area contributed by atoms with E-state index in [0.717, 1.165) is 35.9 Å². The van der Waals surface area contributed by atoms with Gasteiger partial charge in [-0.05, 0) is 39.2 Å². The zero-order chi connectivity index (χ0) is 14.8. The standard InChI is InChI=1S/C18H23N3/c1-4-10-19-17-13(3)16(15-7-5-6-12(2)11-15)20-18(21-17)14-8-9-14/h5-7,11,14H,4,8-10H2,1-3H3,(H,19,20,21). The zero-order valence-corrected chi connectivity index (χ0v) is 13.1. The Morgan fingerprint density at radius 1 is 1.19 bits per heavy atom. The van der Waals surface area contributed by atoms with E-state index in [1.807, 2.05) is 0 Å². The van der Waals surface area contributed by atoms with Crippen molar-refractivity contribution in [2.75, 3.05) is 11.9 Å². The van der Waals surface area contributed by atoms with E-state index in [1.54, 1.807) is 0 Å². The van der Waals surface area contributed by atoms with Crippen LogP contribution in [0.1, 0.15) is 49.1 Å². The van der Waals surface area contributed by atoms with Crippen molar-refractivity contribution in [3.05, 3.63) is 41.2 Å². The van der Waals surface area contributed by atoms with Crippen molar-refractivity contribution < 1.29 is 0 Å². The predicted octanol–water partition coefficient (Wildman–Crippen LogP) is 4.46. The summed E-state index contributed by atoms with van der Waals surface area (Å²) in [5.74, 6) is 2.58. The van der Waals surface area contributed by atoms with Gasteiger partial charge in [0.05, 0.1) is 5.69 Å². The van der Waals surface area contributed by atoms with Gasteiger partial charge in [0.2, 0.25) is 0 Å². The quantitative estimate of drug-likeness (QED) is 0.879. The lowest BCUT2D eigenvalue weighted by Crippen LogP contribution is -2.08. The maximum Gasteiger partial charge on any atom is 0.134 e. The van der Waals surface area contributed by atoms with Crippen molar-refractivity contribution >= 4 is 5.82 Å². The molecule has 0 spiro atoms. The van der Waals surface area contributed by atoms with Crippen molar-refractivity contribution in [2.24, 2.45) is 0 Å². The fraction of sp³-hybridized carbons (Fsp3) is 0.444. The molecule has 0 aliphatic heterocycles. The summed E-state index contributed by atoms with van der Waals surface area (Å²) < 4.78 is 0. The Bertz CT molecular complexity index is 645. The van der Waals surface area contributed by atoms with Gasteiger partial charge in [-0.3, -0.25) is 0 Å². The highest BCUT2D eigenvalue weighted by atomic mass is 15.0. The minimum absolute atomic E-state index is 0.566. The van der Waals surface area contributed by atoms with Crippen LogP contribution >= 0.6 is 0 Å². The SMILES string of the molecule is CCCNc1nc(C2CC2)nc(-c2cccc(C)c2)c1C. The van der Waals surface area contributed by atoms with Crippen LogP contribution in [-0.2, 0) is 0 Å². The van der Waals surface area contributed by atoms with Crippen LogP contribution in [0.15, 0.2) is 24.3 Å². The summed E-state index contributed by atoms with van der Waals surface area (Å²) >= 11 is 0. The number of hydrogen-bond acceptors (Lipinski definition) is 3. The summed E-state index contributed by atoms with van der Waals surface area (Å²) in [6, 6.07) is 8.57. The van der Waals surface area contributed by atoms with Gasteiger partial charge in [-0.15, -0.1) is 0 Å². The van der Waals surface area contributed by atoms with E-state index in [1.165, 1.54) is 24.0 Å². The van der Waals surface area contributed by atoms with Crippen LogP contribution in [0.25, 0.3) is 11.3 Å². The predicted molar refractivity (Wildman–Crippen MR) is 87.7 cm³/mol. The van der Waals surface area contributed by atoms with E-state index < -0.39 is 0 Å². The molecule has 1 heterocycles. The molecule has 3 heteroatoms. The normalized spacial score (nSPS) is 14.2. The molecule has 0 bridgehead atoms. The van der Waals surface area contributed by atoms with Crippen LogP contribution in [-0.4, -0.2) is 16.5 Å². The third-order valence-corrected chi connectivity index (χ3v) is 3.94. The second kappa shape index (κ2) is 5.84. The Labute approximate surface area is 126 Å². The molecule has 1 aliphatic carbocycles. The molecule has 0 saturated heterocycles. The van der Waals surface area contributed by atoms with E-state index in [0.29, 0.717) is 5.92 Å². The monoisotopic (exact) mass is 281 g/mol. The lowest BCUT2D eigenvalue weighted by molar-refractivity contribution is 0.902. The minimum atomic E-state index is 0.566. The molecule has 1 aliphatic rings. The minimum Gasteiger partial charge on any atom is -0.370 e. The Morgan fingerprint density at radius 2 is 2.00 bits per heavy atom. The molecular weight excluding hydrogens is 258 g/mol. The molecule has 1 N–H and O–H groups in total. The number of aromatic nitrogens is 2. The number of aryl methyl sites for hydroxylation is 1. The number of rotatable bonds is 5. The van der Waals surface area contributed by atoms with Gasteiger partial charge in [0.25, 0.3) is 0 Å². The molecule has 1 fully saturated rings. The average Bonchev–Trinajstić information content (AvgIpc) is 3.31. The van der Waals surface area contributed by atoms with E-state index in [2.05, 4.69) is 50.4 Å². The maximum atomic E-state index is 4.86.